The van der Waals surface area contributed by atoms with Gasteiger partial charge in [-0.2, -0.15) is 11.8 Å². The third kappa shape index (κ3) is 4.91. The molecule has 2 aromatic rings. The smallest absolute Gasteiger partial charge is 0.407 e. The van der Waals surface area contributed by atoms with Crippen LogP contribution >= 0.6 is 11.8 Å². The van der Waals surface area contributed by atoms with Crippen molar-refractivity contribution < 1.29 is 24.2 Å². The van der Waals surface area contributed by atoms with E-state index >= 15 is 0 Å². The number of carbonyl (C=O) groups is 3. The van der Waals surface area contributed by atoms with E-state index in [9.17, 15) is 19.5 Å². The minimum Gasteiger partial charge on any atom is -0.481 e. The van der Waals surface area contributed by atoms with Gasteiger partial charge in [0, 0.05) is 5.92 Å². The Morgan fingerprint density at radius 2 is 1.59 bits per heavy atom. The van der Waals surface area contributed by atoms with Crippen LogP contribution in [0.1, 0.15) is 36.3 Å². The Balaban J connectivity index is 1.31. The molecule has 2 aliphatic rings. The summed E-state index contributed by atoms with van der Waals surface area (Å²) >= 11 is 1.74. The number of benzene rings is 2. The van der Waals surface area contributed by atoms with Gasteiger partial charge in [-0.1, -0.05) is 48.5 Å². The molecule has 4 rings (SSSR count). The molecule has 1 saturated heterocycles. The monoisotopic (exact) mass is 454 g/mol. The van der Waals surface area contributed by atoms with Crippen LogP contribution in [-0.2, 0) is 14.3 Å². The number of aliphatic carboxylic acids is 1. The lowest BCUT2D eigenvalue weighted by Crippen LogP contribution is -2.54. The van der Waals surface area contributed by atoms with Crippen LogP contribution < -0.4 is 10.6 Å². The molecule has 8 heteroatoms. The van der Waals surface area contributed by atoms with E-state index in [1.54, 1.807) is 11.8 Å². The van der Waals surface area contributed by atoms with Crippen molar-refractivity contribution in [3.05, 3.63) is 59.7 Å². The fourth-order valence-corrected chi connectivity index (χ4v) is 5.81. The van der Waals surface area contributed by atoms with Gasteiger partial charge in [0.2, 0.25) is 5.91 Å². The maximum Gasteiger partial charge on any atom is 0.407 e. The standard InChI is InChI=1S/C24H26N2O5S/c27-21(26-24(13-22(28)29)9-11-32-12-10-24)14-25-23(30)31-15-20-18-7-3-1-5-16(18)17-6-2-4-8-19(17)20/h1-8,20H,9-15H2,(H,25,30)(H,26,27)(H,28,29). The average molecular weight is 455 g/mol. The number of carboxylic acids is 1. The summed E-state index contributed by atoms with van der Waals surface area (Å²) in [6.07, 6.45) is 0.402. The molecule has 1 aliphatic heterocycles. The molecule has 7 nitrogen and oxygen atoms in total. The summed E-state index contributed by atoms with van der Waals surface area (Å²) in [4.78, 5) is 35.9. The Labute approximate surface area is 190 Å². The molecule has 0 bridgehead atoms. The SMILES string of the molecule is O=C(O)CC1(NC(=O)CNC(=O)OCC2c3ccccc3-c3ccccc32)CCSCC1. The van der Waals surface area contributed by atoms with Crippen LogP contribution in [0.5, 0.6) is 0 Å². The van der Waals surface area contributed by atoms with Gasteiger partial charge in [-0.25, -0.2) is 4.79 Å². The fraction of sp³-hybridized carbons (Fsp3) is 0.375. The van der Waals surface area contributed by atoms with E-state index in [1.165, 1.54) is 0 Å². The topological polar surface area (TPSA) is 105 Å². The fourth-order valence-electron chi connectivity index (χ4n) is 4.54. The van der Waals surface area contributed by atoms with Crippen molar-refractivity contribution in [1.29, 1.82) is 0 Å². The summed E-state index contributed by atoms with van der Waals surface area (Å²) < 4.78 is 5.44. The molecule has 0 saturated carbocycles. The van der Waals surface area contributed by atoms with Crippen molar-refractivity contribution in [1.82, 2.24) is 10.6 Å². The van der Waals surface area contributed by atoms with Crippen LogP contribution in [0.3, 0.4) is 0 Å². The molecule has 32 heavy (non-hydrogen) atoms. The van der Waals surface area contributed by atoms with Crippen LogP contribution in [-0.4, -0.2) is 53.3 Å². The summed E-state index contributed by atoms with van der Waals surface area (Å²) in [5.74, 6) is 0.190. The largest absolute Gasteiger partial charge is 0.481 e. The van der Waals surface area contributed by atoms with Gasteiger partial charge in [0.1, 0.15) is 13.2 Å². The lowest BCUT2D eigenvalue weighted by molar-refractivity contribution is -0.139. The zero-order valence-corrected chi connectivity index (χ0v) is 18.5. The predicted octanol–water partition coefficient (Wildman–Crippen LogP) is 3.38. The molecule has 0 radical (unpaired) electrons. The van der Waals surface area contributed by atoms with Crippen molar-refractivity contribution in [2.45, 2.75) is 30.7 Å². The number of ether oxygens (including phenoxy) is 1. The average Bonchev–Trinajstić information content (AvgIpc) is 3.10. The maximum absolute atomic E-state index is 12.4. The molecular weight excluding hydrogens is 428 g/mol. The number of hydrogen-bond acceptors (Lipinski definition) is 5. The number of nitrogens with one attached hydrogen (secondary N) is 2. The minimum absolute atomic E-state index is 0.0550. The zero-order chi connectivity index (χ0) is 22.6. The quantitative estimate of drug-likeness (QED) is 0.592. The molecule has 0 atom stereocenters. The first-order valence-corrected chi connectivity index (χ1v) is 11.8. The van der Waals surface area contributed by atoms with E-state index in [4.69, 9.17) is 4.74 Å². The van der Waals surface area contributed by atoms with Crippen molar-refractivity contribution in [3.63, 3.8) is 0 Å². The van der Waals surface area contributed by atoms with E-state index in [0.29, 0.717) is 12.8 Å². The molecule has 0 unspecified atom stereocenters. The third-order valence-electron chi connectivity index (χ3n) is 6.08. The first-order valence-electron chi connectivity index (χ1n) is 10.7. The van der Waals surface area contributed by atoms with E-state index in [1.807, 2.05) is 36.4 Å². The third-order valence-corrected chi connectivity index (χ3v) is 7.07. The van der Waals surface area contributed by atoms with Crippen molar-refractivity contribution >= 4 is 29.7 Å². The van der Waals surface area contributed by atoms with Gasteiger partial charge in [0.05, 0.1) is 12.0 Å². The molecule has 3 N–H and O–H groups in total. The number of rotatable bonds is 7. The van der Waals surface area contributed by atoms with Gasteiger partial charge >= 0.3 is 12.1 Å². The van der Waals surface area contributed by atoms with E-state index in [0.717, 1.165) is 33.8 Å². The highest BCUT2D eigenvalue weighted by molar-refractivity contribution is 7.99. The summed E-state index contributed by atoms with van der Waals surface area (Å²) in [6, 6.07) is 16.1. The van der Waals surface area contributed by atoms with Crippen LogP contribution in [0.2, 0.25) is 0 Å². The molecule has 168 valence electrons. The highest BCUT2D eigenvalue weighted by Crippen LogP contribution is 2.44. The molecule has 0 aromatic heterocycles. The second kappa shape index (κ2) is 9.65. The number of amides is 2. The highest BCUT2D eigenvalue weighted by Gasteiger charge is 2.36. The van der Waals surface area contributed by atoms with Gasteiger partial charge in [0.25, 0.3) is 0 Å². The van der Waals surface area contributed by atoms with E-state index in [2.05, 4.69) is 22.8 Å². The van der Waals surface area contributed by atoms with Crippen LogP contribution in [0.15, 0.2) is 48.5 Å². The Bertz CT molecular complexity index is 973. The number of thioether (sulfide) groups is 1. The van der Waals surface area contributed by atoms with Crippen LogP contribution in [0.4, 0.5) is 4.79 Å². The number of hydrogen-bond donors (Lipinski definition) is 3. The molecule has 0 spiro atoms. The van der Waals surface area contributed by atoms with Gasteiger partial charge in [0.15, 0.2) is 0 Å². The molecule has 2 amide bonds. The van der Waals surface area contributed by atoms with Crippen LogP contribution in [0, 0.1) is 0 Å². The Morgan fingerprint density at radius 1 is 1.00 bits per heavy atom. The normalized spacial score (nSPS) is 16.5. The lowest BCUT2D eigenvalue weighted by Gasteiger charge is -2.36. The summed E-state index contributed by atoms with van der Waals surface area (Å²) in [5.41, 5.74) is 3.77. The zero-order valence-electron chi connectivity index (χ0n) is 17.6. The molecule has 1 fully saturated rings. The lowest BCUT2D eigenvalue weighted by atomic mass is 9.88. The molecule has 2 aromatic carbocycles. The summed E-state index contributed by atoms with van der Waals surface area (Å²) in [7, 11) is 0. The summed E-state index contributed by atoms with van der Waals surface area (Å²) in [5, 5.41) is 14.6. The Morgan fingerprint density at radius 3 is 2.19 bits per heavy atom. The van der Waals surface area contributed by atoms with Crippen molar-refractivity contribution in [2.75, 3.05) is 24.7 Å². The van der Waals surface area contributed by atoms with Crippen molar-refractivity contribution in [2.24, 2.45) is 0 Å². The minimum atomic E-state index is -0.943. The Hall–Kier alpha value is -3.00. The second-order valence-corrected chi connectivity index (χ2v) is 9.42. The molecule has 1 aliphatic carbocycles. The van der Waals surface area contributed by atoms with Crippen LogP contribution in [0.25, 0.3) is 11.1 Å². The molecule has 1 heterocycles. The molecular formula is C24H26N2O5S. The van der Waals surface area contributed by atoms with E-state index in [-0.39, 0.29) is 25.5 Å². The number of carbonyl (C=O) groups excluding carboxylic acids is 2. The van der Waals surface area contributed by atoms with Gasteiger partial charge in [-0.15, -0.1) is 0 Å². The highest BCUT2D eigenvalue weighted by atomic mass is 32.2. The number of alkyl carbamates (subject to hydrolysis) is 1. The Kier molecular flexibility index (Phi) is 6.69. The number of carboxylic acid groups (broad SMARTS) is 1. The maximum atomic E-state index is 12.4. The first-order chi connectivity index (χ1) is 15.5. The predicted molar refractivity (Wildman–Crippen MR) is 123 cm³/mol. The van der Waals surface area contributed by atoms with Gasteiger partial charge in [-0.05, 0) is 46.6 Å². The van der Waals surface area contributed by atoms with Gasteiger partial charge in [-0.3, -0.25) is 9.59 Å². The van der Waals surface area contributed by atoms with Gasteiger partial charge < -0.3 is 20.5 Å². The number of fused-ring (bicyclic) bond motifs is 3. The van der Waals surface area contributed by atoms with Crippen molar-refractivity contribution in [3.8, 4) is 11.1 Å². The first kappa shape index (κ1) is 22.2. The van der Waals surface area contributed by atoms with E-state index < -0.39 is 23.5 Å². The second-order valence-electron chi connectivity index (χ2n) is 8.19. The summed E-state index contributed by atoms with van der Waals surface area (Å²) in [6.45, 7) is -0.0904.